The number of rotatable bonds is 6. The molecule has 0 amide bonds. The van der Waals surface area contributed by atoms with E-state index < -0.39 is 0 Å². The molecule has 0 fully saturated rings. The van der Waals surface area contributed by atoms with Crippen molar-refractivity contribution in [1.82, 2.24) is 0 Å². The number of hydrazone groups is 1. The lowest BCUT2D eigenvalue weighted by Crippen LogP contribution is -2.72. The smallest absolute Gasteiger partial charge is 0.204 e. The summed E-state index contributed by atoms with van der Waals surface area (Å²) in [4.78, 5) is 3.25. The first-order valence-electron chi connectivity index (χ1n) is 7.61. The van der Waals surface area contributed by atoms with Gasteiger partial charge in [0.1, 0.15) is 19.0 Å². The molecule has 2 N–H and O–H groups in total. The van der Waals surface area contributed by atoms with Gasteiger partial charge in [-0.2, -0.15) is 5.10 Å². The van der Waals surface area contributed by atoms with Gasteiger partial charge in [-0.1, -0.05) is 30.3 Å². The van der Waals surface area contributed by atoms with Crippen LogP contribution in [0.3, 0.4) is 0 Å². The number of hydrogen-bond acceptors (Lipinski definition) is 3. The van der Waals surface area contributed by atoms with Crippen LogP contribution in [-0.2, 0) is 5.41 Å². The van der Waals surface area contributed by atoms with Crippen molar-refractivity contribution in [1.29, 1.82) is 0 Å². The normalized spacial score (nSPS) is 12.4. The zero-order valence-electron chi connectivity index (χ0n) is 14.1. The van der Waals surface area contributed by atoms with Crippen LogP contribution in [0.15, 0.2) is 59.7 Å². The Morgan fingerprint density at radius 2 is 1.74 bits per heavy atom. The van der Waals surface area contributed by atoms with Crippen molar-refractivity contribution in [3.8, 4) is 5.75 Å². The van der Waals surface area contributed by atoms with Crippen LogP contribution in [-0.4, -0.2) is 26.1 Å². The van der Waals surface area contributed by atoms with Crippen molar-refractivity contribution >= 4 is 17.6 Å². The van der Waals surface area contributed by atoms with E-state index in [1.807, 2.05) is 43.6 Å². The Kier molecular flexibility index (Phi) is 5.52. The molecule has 0 aromatic heterocycles. The van der Waals surface area contributed by atoms with Crippen LogP contribution < -0.4 is 15.2 Å². The highest BCUT2D eigenvalue weighted by Gasteiger charge is 2.30. The van der Waals surface area contributed by atoms with Crippen molar-refractivity contribution in [3.05, 3.63) is 60.2 Å². The van der Waals surface area contributed by atoms with E-state index in [1.165, 1.54) is 5.56 Å². The lowest BCUT2D eigenvalue weighted by molar-refractivity contribution is -0.420. The second-order valence-corrected chi connectivity index (χ2v) is 5.75. The Morgan fingerprint density at radius 1 is 1.09 bits per heavy atom. The SMILES string of the molecule is C[NH+]=C(/C=N/Nc1ccc(OC)cc1)C(C)(C)c1ccccc1. The third kappa shape index (κ3) is 4.19. The fourth-order valence-corrected chi connectivity index (χ4v) is 2.39. The summed E-state index contributed by atoms with van der Waals surface area (Å²) in [7, 11) is 3.57. The summed E-state index contributed by atoms with van der Waals surface area (Å²) < 4.78 is 5.14. The standard InChI is InChI=1S/C19H23N3O/c1-19(2,15-8-6-5-7-9-15)18(20-3)14-21-22-16-10-12-17(23-4)13-11-16/h5-14,22H,1-4H3/p+1/b20-18?,21-14+. The number of anilines is 1. The molecule has 0 bridgehead atoms. The van der Waals surface area contributed by atoms with Crippen LogP contribution in [0.25, 0.3) is 0 Å². The second-order valence-electron chi connectivity index (χ2n) is 5.75. The first kappa shape index (κ1) is 16.7. The van der Waals surface area contributed by atoms with Crippen LogP contribution in [0, 0.1) is 0 Å². The van der Waals surface area contributed by atoms with E-state index in [4.69, 9.17) is 4.74 Å². The van der Waals surface area contributed by atoms with Gasteiger partial charge in [-0.25, -0.2) is 4.99 Å². The monoisotopic (exact) mass is 310 g/mol. The molecule has 0 atom stereocenters. The highest BCUT2D eigenvalue weighted by atomic mass is 16.5. The van der Waals surface area contributed by atoms with Crippen LogP contribution in [0.4, 0.5) is 5.69 Å². The van der Waals surface area contributed by atoms with Crippen LogP contribution in [0.1, 0.15) is 19.4 Å². The quantitative estimate of drug-likeness (QED) is 0.635. The summed E-state index contributed by atoms with van der Waals surface area (Å²) >= 11 is 0. The fraction of sp³-hybridized carbons (Fsp3) is 0.263. The summed E-state index contributed by atoms with van der Waals surface area (Å²) in [6.07, 6.45) is 1.83. The van der Waals surface area contributed by atoms with E-state index in [0.717, 1.165) is 17.1 Å². The molecule has 0 aliphatic heterocycles. The summed E-state index contributed by atoms with van der Waals surface area (Å²) in [5, 5.41) is 4.34. The van der Waals surface area contributed by atoms with Gasteiger partial charge in [0.2, 0.25) is 5.71 Å². The summed E-state index contributed by atoms with van der Waals surface area (Å²) in [6.45, 7) is 4.35. The number of methoxy groups -OCH3 is 1. The molecule has 0 saturated carbocycles. The predicted octanol–water partition coefficient (Wildman–Crippen LogP) is 2.22. The molecule has 4 heteroatoms. The third-order valence-corrected chi connectivity index (χ3v) is 3.92. The van der Waals surface area contributed by atoms with E-state index >= 15 is 0 Å². The van der Waals surface area contributed by atoms with E-state index in [0.29, 0.717) is 0 Å². The summed E-state index contributed by atoms with van der Waals surface area (Å²) in [5.74, 6) is 0.826. The van der Waals surface area contributed by atoms with Gasteiger partial charge in [0.15, 0.2) is 0 Å². The molecule has 120 valence electrons. The van der Waals surface area contributed by atoms with Gasteiger partial charge < -0.3 is 4.74 Å². The topological polar surface area (TPSA) is 47.6 Å². The maximum atomic E-state index is 5.14. The predicted molar refractivity (Wildman–Crippen MR) is 96.5 cm³/mol. The van der Waals surface area contributed by atoms with Gasteiger partial charge in [-0.15, -0.1) is 0 Å². The van der Waals surface area contributed by atoms with Gasteiger partial charge in [0, 0.05) is 0 Å². The van der Waals surface area contributed by atoms with E-state index in [1.54, 1.807) is 7.11 Å². The highest BCUT2D eigenvalue weighted by Crippen LogP contribution is 2.22. The Morgan fingerprint density at radius 3 is 2.30 bits per heavy atom. The largest absolute Gasteiger partial charge is 0.497 e. The number of nitrogens with one attached hydrogen (secondary N) is 2. The zero-order valence-corrected chi connectivity index (χ0v) is 14.1. The van der Waals surface area contributed by atoms with Gasteiger partial charge in [-0.3, -0.25) is 5.43 Å². The maximum absolute atomic E-state index is 5.14. The molecule has 4 nitrogen and oxygen atoms in total. The molecule has 0 heterocycles. The molecular formula is C19H24N3O+. The average molecular weight is 310 g/mol. The van der Waals surface area contributed by atoms with Crippen LogP contribution in [0.5, 0.6) is 5.75 Å². The Hall–Kier alpha value is -2.62. The molecule has 2 aromatic rings. The third-order valence-electron chi connectivity index (χ3n) is 3.92. The molecule has 0 spiro atoms. The Bertz CT molecular complexity index is 674. The molecule has 23 heavy (non-hydrogen) atoms. The second kappa shape index (κ2) is 7.58. The minimum atomic E-state index is -0.152. The van der Waals surface area contributed by atoms with E-state index in [-0.39, 0.29) is 5.41 Å². The van der Waals surface area contributed by atoms with E-state index in [9.17, 15) is 0 Å². The fourth-order valence-electron chi connectivity index (χ4n) is 2.39. The van der Waals surface area contributed by atoms with Crippen molar-refractivity contribution in [2.45, 2.75) is 19.3 Å². The van der Waals surface area contributed by atoms with Crippen molar-refractivity contribution < 1.29 is 9.73 Å². The number of benzene rings is 2. The molecule has 2 aromatic carbocycles. The molecule has 0 aliphatic rings. The minimum Gasteiger partial charge on any atom is -0.497 e. The van der Waals surface area contributed by atoms with Gasteiger partial charge in [0.05, 0.1) is 18.2 Å². The van der Waals surface area contributed by atoms with Gasteiger partial charge in [0.25, 0.3) is 0 Å². The number of ether oxygens (including phenoxy) is 1. The average Bonchev–Trinajstić information content (AvgIpc) is 2.60. The molecule has 0 radical (unpaired) electrons. The molecule has 2 rings (SSSR count). The maximum Gasteiger partial charge on any atom is 0.204 e. The molecule has 0 unspecified atom stereocenters. The minimum absolute atomic E-state index is 0.152. The lowest BCUT2D eigenvalue weighted by atomic mass is 9.80. The summed E-state index contributed by atoms with van der Waals surface area (Å²) in [5.41, 5.74) is 6.07. The first-order chi connectivity index (χ1) is 11.1. The highest BCUT2D eigenvalue weighted by molar-refractivity contribution is 6.31. The van der Waals surface area contributed by atoms with E-state index in [2.05, 4.69) is 53.6 Å². The number of nitrogens with zero attached hydrogens (tertiary/aromatic N) is 1. The Labute approximate surface area is 137 Å². The Balaban J connectivity index is 2.09. The van der Waals surface area contributed by atoms with Crippen molar-refractivity contribution in [2.75, 3.05) is 19.6 Å². The van der Waals surface area contributed by atoms with Crippen LogP contribution in [0.2, 0.25) is 0 Å². The summed E-state index contributed by atoms with van der Waals surface area (Å²) in [6, 6.07) is 18.0. The van der Waals surface area contributed by atoms with Gasteiger partial charge in [-0.05, 0) is 43.7 Å². The first-order valence-corrected chi connectivity index (χ1v) is 7.61. The lowest BCUT2D eigenvalue weighted by Gasteiger charge is -2.21. The van der Waals surface area contributed by atoms with Crippen molar-refractivity contribution in [2.24, 2.45) is 5.10 Å². The van der Waals surface area contributed by atoms with Crippen molar-refractivity contribution in [3.63, 3.8) is 0 Å². The molecule has 0 saturated heterocycles. The molecular weight excluding hydrogens is 286 g/mol. The molecule has 0 aliphatic carbocycles. The number of hydrogen-bond donors (Lipinski definition) is 2. The van der Waals surface area contributed by atoms with Crippen LogP contribution >= 0.6 is 0 Å². The zero-order chi connectivity index (χ0) is 16.7. The van der Waals surface area contributed by atoms with Gasteiger partial charge >= 0.3 is 0 Å².